The third kappa shape index (κ3) is 4.87. The molecule has 0 saturated heterocycles. The molecule has 0 atom stereocenters. The smallest absolute Gasteiger partial charge is 0.224 e. The van der Waals surface area contributed by atoms with Crippen molar-refractivity contribution in [3.05, 3.63) is 41.5 Å². The Labute approximate surface area is 126 Å². The van der Waals surface area contributed by atoms with E-state index in [4.69, 9.17) is 4.74 Å². The number of amides is 1. The lowest BCUT2D eigenvalue weighted by molar-refractivity contribution is -0.120. The van der Waals surface area contributed by atoms with Crippen LogP contribution in [0, 0.1) is 0 Å². The van der Waals surface area contributed by atoms with Gasteiger partial charge in [0.2, 0.25) is 5.91 Å². The summed E-state index contributed by atoms with van der Waals surface area (Å²) in [6.07, 6.45) is 3.51. The highest BCUT2D eigenvalue weighted by molar-refractivity contribution is 5.85. The number of halogens is 1. The van der Waals surface area contributed by atoms with Crippen LogP contribution in [0.4, 0.5) is 0 Å². The van der Waals surface area contributed by atoms with Gasteiger partial charge >= 0.3 is 0 Å². The zero-order valence-electron chi connectivity index (χ0n) is 11.6. The molecule has 1 amide bonds. The molecule has 0 aliphatic carbocycles. The molecule has 110 valence electrons. The third-order valence-corrected chi connectivity index (χ3v) is 3.21. The number of rotatable bonds is 5. The SMILES string of the molecule is COc1ccccc1CC(=O)NCC1=CCNCC1.Cl. The van der Waals surface area contributed by atoms with Crippen molar-refractivity contribution in [3.8, 4) is 5.75 Å². The van der Waals surface area contributed by atoms with Crippen LogP contribution in [0.5, 0.6) is 5.75 Å². The Kier molecular flexibility index (Phi) is 7.12. The van der Waals surface area contributed by atoms with Gasteiger partial charge in [-0.1, -0.05) is 29.8 Å². The van der Waals surface area contributed by atoms with Crippen molar-refractivity contribution >= 4 is 18.3 Å². The Morgan fingerprint density at radius 1 is 1.40 bits per heavy atom. The minimum Gasteiger partial charge on any atom is -0.496 e. The molecule has 1 heterocycles. The van der Waals surface area contributed by atoms with Gasteiger partial charge < -0.3 is 15.4 Å². The van der Waals surface area contributed by atoms with Crippen molar-refractivity contribution in [2.45, 2.75) is 12.8 Å². The summed E-state index contributed by atoms with van der Waals surface area (Å²) >= 11 is 0. The summed E-state index contributed by atoms with van der Waals surface area (Å²) in [5.41, 5.74) is 2.22. The second kappa shape index (κ2) is 8.61. The van der Waals surface area contributed by atoms with E-state index in [1.54, 1.807) is 7.11 Å². The molecule has 0 unspecified atom stereocenters. The van der Waals surface area contributed by atoms with Gasteiger partial charge in [0, 0.05) is 18.7 Å². The Bertz CT molecular complexity index is 475. The van der Waals surface area contributed by atoms with Crippen molar-refractivity contribution in [2.24, 2.45) is 0 Å². The molecule has 1 aromatic carbocycles. The molecule has 5 heteroatoms. The fourth-order valence-corrected chi connectivity index (χ4v) is 2.13. The van der Waals surface area contributed by atoms with Crippen molar-refractivity contribution in [1.29, 1.82) is 0 Å². The Morgan fingerprint density at radius 2 is 2.20 bits per heavy atom. The van der Waals surface area contributed by atoms with Crippen LogP contribution in [0.1, 0.15) is 12.0 Å². The minimum atomic E-state index is 0. The van der Waals surface area contributed by atoms with Crippen LogP contribution in [0.25, 0.3) is 0 Å². The molecule has 1 aliphatic heterocycles. The van der Waals surface area contributed by atoms with Gasteiger partial charge in [-0.05, 0) is 19.0 Å². The van der Waals surface area contributed by atoms with Gasteiger partial charge in [0.15, 0.2) is 0 Å². The molecular weight excluding hydrogens is 276 g/mol. The molecular formula is C15H21ClN2O2. The van der Waals surface area contributed by atoms with Crippen LogP contribution in [-0.2, 0) is 11.2 Å². The number of carbonyl (C=O) groups is 1. The van der Waals surface area contributed by atoms with Crippen LogP contribution < -0.4 is 15.4 Å². The normalized spacial score (nSPS) is 13.9. The monoisotopic (exact) mass is 296 g/mol. The molecule has 0 aromatic heterocycles. The molecule has 2 rings (SSSR count). The Morgan fingerprint density at radius 3 is 2.90 bits per heavy atom. The molecule has 4 nitrogen and oxygen atoms in total. The van der Waals surface area contributed by atoms with Gasteiger partial charge in [-0.3, -0.25) is 4.79 Å². The van der Waals surface area contributed by atoms with Crippen LogP contribution in [0.2, 0.25) is 0 Å². The highest BCUT2D eigenvalue weighted by Crippen LogP contribution is 2.17. The number of methoxy groups -OCH3 is 1. The molecule has 20 heavy (non-hydrogen) atoms. The summed E-state index contributed by atoms with van der Waals surface area (Å²) in [6, 6.07) is 7.61. The summed E-state index contributed by atoms with van der Waals surface area (Å²) in [5, 5.41) is 6.21. The largest absolute Gasteiger partial charge is 0.496 e. The minimum absolute atomic E-state index is 0. The maximum Gasteiger partial charge on any atom is 0.224 e. The van der Waals surface area contributed by atoms with Crippen LogP contribution in [-0.4, -0.2) is 32.7 Å². The van der Waals surface area contributed by atoms with Crippen molar-refractivity contribution < 1.29 is 9.53 Å². The quantitative estimate of drug-likeness (QED) is 0.813. The number of hydrogen-bond acceptors (Lipinski definition) is 3. The van der Waals surface area contributed by atoms with Gasteiger partial charge in [-0.2, -0.15) is 0 Å². The van der Waals surface area contributed by atoms with Gasteiger partial charge in [0.25, 0.3) is 0 Å². The topological polar surface area (TPSA) is 50.4 Å². The lowest BCUT2D eigenvalue weighted by Gasteiger charge is -2.15. The van der Waals surface area contributed by atoms with Crippen LogP contribution in [0.3, 0.4) is 0 Å². The fraction of sp³-hybridized carbons (Fsp3) is 0.400. The number of benzene rings is 1. The van der Waals surface area contributed by atoms with E-state index < -0.39 is 0 Å². The van der Waals surface area contributed by atoms with Crippen LogP contribution >= 0.6 is 12.4 Å². The van der Waals surface area contributed by atoms with Gasteiger partial charge in [0.1, 0.15) is 5.75 Å². The summed E-state index contributed by atoms with van der Waals surface area (Å²) in [7, 11) is 1.62. The highest BCUT2D eigenvalue weighted by atomic mass is 35.5. The fourth-order valence-electron chi connectivity index (χ4n) is 2.13. The molecule has 1 aromatic rings. The average molecular weight is 297 g/mol. The van der Waals surface area contributed by atoms with E-state index in [2.05, 4.69) is 16.7 Å². The second-order valence-electron chi connectivity index (χ2n) is 4.58. The number of carbonyl (C=O) groups excluding carboxylic acids is 1. The first-order valence-corrected chi connectivity index (χ1v) is 6.57. The lowest BCUT2D eigenvalue weighted by atomic mass is 10.1. The van der Waals surface area contributed by atoms with Gasteiger partial charge in [-0.15, -0.1) is 12.4 Å². The molecule has 0 spiro atoms. The first-order valence-electron chi connectivity index (χ1n) is 6.57. The van der Waals surface area contributed by atoms with E-state index in [0.717, 1.165) is 30.8 Å². The van der Waals surface area contributed by atoms with Gasteiger partial charge in [0.05, 0.1) is 13.5 Å². The molecule has 0 bridgehead atoms. The molecule has 0 saturated carbocycles. The summed E-state index contributed by atoms with van der Waals surface area (Å²) < 4.78 is 5.24. The predicted octanol–water partition coefficient (Wildman–Crippen LogP) is 1.70. The Balaban J connectivity index is 0.00000200. The van der Waals surface area contributed by atoms with E-state index >= 15 is 0 Å². The maximum atomic E-state index is 11.9. The van der Waals surface area contributed by atoms with E-state index in [1.807, 2.05) is 24.3 Å². The van der Waals surface area contributed by atoms with Crippen molar-refractivity contribution in [1.82, 2.24) is 10.6 Å². The lowest BCUT2D eigenvalue weighted by Crippen LogP contribution is -2.30. The second-order valence-corrected chi connectivity index (χ2v) is 4.58. The molecule has 0 fully saturated rings. The number of hydrogen-bond donors (Lipinski definition) is 2. The maximum absolute atomic E-state index is 11.9. The molecule has 0 radical (unpaired) electrons. The van der Waals surface area contributed by atoms with E-state index in [-0.39, 0.29) is 18.3 Å². The van der Waals surface area contributed by atoms with E-state index in [0.29, 0.717) is 13.0 Å². The zero-order chi connectivity index (χ0) is 13.5. The number of nitrogens with one attached hydrogen (secondary N) is 2. The average Bonchev–Trinajstić information content (AvgIpc) is 2.47. The Hall–Kier alpha value is -1.52. The third-order valence-electron chi connectivity index (χ3n) is 3.21. The van der Waals surface area contributed by atoms with Crippen LogP contribution in [0.15, 0.2) is 35.9 Å². The summed E-state index contributed by atoms with van der Waals surface area (Å²) in [4.78, 5) is 11.9. The number of ether oxygens (including phenoxy) is 1. The highest BCUT2D eigenvalue weighted by Gasteiger charge is 2.09. The predicted molar refractivity (Wildman–Crippen MR) is 82.5 cm³/mol. The van der Waals surface area contributed by atoms with E-state index in [1.165, 1.54) is 5.57 Å². The first kappa shape index (κ1) is 16.5. The van der Waals surface area contributed by atoms with Gasteiger partial charge in [-0.25, -0.2) is 0 Å². The summed E-state index contributed by atoms with van der Waals surface area (Å²) in [6.45, 7) is 2.54. The summed E-state index contributed by atoms with van der Waals surface area (Å²) in [5.74, 6) is 0.794. The zero-order valence-corrected chi connectivity index (χ0v) is 12.5. The standard InChI is InChI=1S/C15H20N2O2.ClH/c1-19-14-5-3-2-4-13(14)10-15(18)17-11-12-6-8-16-9-7-12;/h2-6,16H,7-11H2,1H3,(H,17,18);1H. The van der Waals surface area contributed by atoms with Crippen molar-refractivity contribution in [2.75, 3.05) is 26.7 Å². The number of para-hydroxylation sites is 1. The van der Waals surface area contributed by atoms with Crippen molar-refractivity contribution in [3.63, 3.8) is 0 Å². The molecule has 2 N–H and O–H groups in total. The van der Waals surface area contributed by atoms with E-state index in [9.17, 15) is 4.79 Å². The first-order chi connectivity index (χ1) is 9.29. The molecule has 1 aliphatic rings.